The number of benzene rings is 1. The molecule has 2 aromatic rings. The van der Waals surface area contributed by atoms with Crippen molar-refractivity contribution in [2.45, 2.75) is 25.3 Å². The van der Waals surface area contributed by atoms with Gasteiger partial charge in [-0.05, 0) is 43.5 Å². The molecule has 1 amide bonds. The van der Waals surface area contributed by atoms with E-state index in [2.05, 4.69) is 10.4 Å². The number of aliphatic carboxylic acids is 1. The molecule has 1 heterocycles. The van der Waals surface area contributed by atoms with Crippen LogP contribution in [0.2, 0.25) is 5.02 Å². The maximum absolute atomic E-state index is 12.2. The fourth-order valence-corrected chi connectivity index (χ4v) is 2.99. The fourth-order valence-electron chi connectivity index (χ4n) is 2.80. The van der Waals surface area contributed by atoms with Gasteiger partial charge in [-0.15, -0.1) is 0 Å². The molecule has 120 valence electrons. The minimum atomic E-state index is -0.799. The van der Waals surface area contributed by atoms with Crippen molar-refractivity contribution in [1.82, 2.24) is 15.1 Å². The first kappa shape index (κ1) is 15.6. The lowest BCUT2D eigenvalue weighted by Gasteiger charge is -2.11. The van der Waals surface area contributed by atoms with Crippen molar-refractivity contribution < 1.29 is 14.7 Å². The van der Waals surface area contributed by atoms with Gasteiger partial charge in [-0.3, -0.25) is 9.59 Å². The Hall–Kier alpha value is -2.34. The maximum atomic E-state index is 12.2. The summed E-state index contributed by atoms with van der Waals surface area (Å²) in [7, 11) is 0. The predicted octanol–water partition coefficient (Wildman–Crippen LogP) is 2.51. The number of aromatic nitrogens is 2. The summed E-state index contributed by atoms with van der Waals surface area (Å²) in [6, 6.07) is 8.68. The Morgan fingerprint density at radius 2 is 2.13 bits per heavy atom. The van der Waals surface area contributed by atoms with Gasteiger partial charge in [0, 0.05) is 17.3 Å². The Kier molecular flexibility index (Phi) is 4.34. The van der Waals surface area contributed by atoms with Crippen LogP contribution in [0.3, 0.4) is 0 Å². The molecule has 1 saturated carbocycles. The molecule has 0 saturated heterocycles. The van der Waals surface area contributed by atoms with Gasteiger partial charge in [-0.25, -0.2) is 4.68 Å². The Morgan fingerprint density at radius 1 is 1.30 bits per heavy atom. The summed E-state index contributed by atoms with van der Waals surface area (Å²) in [4.78, 5) is 23.2. The minimum Gasteiger partial charge on any atom is -0.481 e. The van der Waals surface area contributed by atoms with Crippen molar-refractivity contribution >= 4 is 23.5 Å². The number of halogens is 1. The molecule has 0 radical (unpaired) electrons. The van der Waals surface area contributed by atoms with Crippen LogP contribution in [0.1, 0.15) is 29.8 Å². The largest absolute Gasteiger partial charge is 0.481 e. The first-order valence-corrected chi connectivity index (χ1v) is 7.76. The molecule has 1 fully saturated rings. The second-order valence-electron chi connectivity index (χ2n) is 5.64. The van der Waals surface area contributed by atoms with E-state index in [1.807, 2.05) is 12.1 Å². The molecule has 0 bridgehead atoms. The zero-order chi connectivity index (χ0) is 16.4. The van der Waals surface area contributed by atoms with Crippen LogP contribution < -0.4 is 5.32 Å². The van der Waals surface area contributed by atoms with E-state index in [1.54, 1.807) is 29.1 Å². The topological polar surface area (TPSA) is 84.2 Å². The van der Waals surface area contributed by atoms with Gasteiger partial charge in [-0.2, -0.15) is 5.10 Å². The van der Waals surface area contributed by atoms with E-state index >= 15 is 0 Å². The minimum absolute atomic E-state index is 0.111. The van der Waals surface area contributed by atoms with Crippen LogP contribution in [0.4, 0.5) is 0 Å². The van der Waals surface area contributed by atoms with E-state index in [0.29, 0.717) is 30.0 Å². The highest BCUT2D eigenvalue weighted by Crippen LogP contribution is 2.25. The number of carbonyl (C=O) groups is 2. The summed E-state index contributed by atoms with van der Waals surface area (Å²) < 4.78 is 1.58. The van der Waals surface area contributed by atoms with Crippen LogP contribution in [0.25, 0.3) is 5.69 Å². The van der Waals surface area contributed by atoms with Gasteiger partial charge in [0.25, 0.3) is 5.91 Å². The van der Waals surface area contributed by atoms with E-state index in [1.165, 1.54) is 0 Å². The van der Waals surface area contributed by atoms with E-state index in [0.717, 1.165) is 5.69 Å². The van der Waals surface area contributed by atoms with Crippen molar-refractivity contribution in [2.75, 3.05) is 0 Å². The molecule has 6 nitrogen and oxygen atoms in total. The monoisotopic (exact) mass is 333 g/mol. The highest BCUT2D eigenvalue weighted by atomic mass is 35.5. The maximum Gasteiger partial charge on any atom is 0.306 e. The molecular weight excluding hydrogens is 318 g/mol. The molecular formula is C16H16ClN3O3. The third-order valence-corrected chi connectivity index (χ3v) is 4.25. The van der Waals surface area contributed by atoms with Crippen LogP contribution in [0, 0.1) is 5.92 Å². The quantitative estimate of drug-likeness (QED) is 0.900. The van der Waals surface area contributed by atoms with E-state index in [-0.39, 0.29) is 17.9 Å². The zero-order valence-electron chi connectivity index (χ0n) is 12.3. The van der Waals surface area contributed by atoms with Gasteiger partial charge >= 0.3 is 5.97 Å². The smallest absolute Gasteiger partial charge is 0.306 e. The van der Waals surface area contributed by atoms with E-state index < -0.39 is 5.97 Å². The number of carboxylic acid groups (broad SMARTS) is 1. The van der Waals surface area contributed by atoms with Gasteiger partial charge in [-0.1, -0.05) is 17.7 Å². The third-order valence-electron chi connectivity index (χ3n) is 4.01. The normalized spacial score (nSPS) is 20.4. The number of hydrogen-bond acceptors (Lipinski definition) is 3. The standard InChI is InChI=1S/C16H16ClN3O3/c17-11-2-1-3-13(9-11)20-7-6-14(19-20)15(21)18-12-5-4-10(8-12)16(22)23/h1-3,6-7,9-10,12H,4-5,8H2,(H,18,21)(H,22,23)/t10-,12+/m1/s1. The van der Waals surface area contributed by atoms with Crippen molar-refractivity contribution in [3.05, 3.63) is 47.2 Å². The number of carboxylic acids is 1. The second kappa shape index (κ2) is 6.42. The molecule has 2 atom stereocenters. The molecule has 0 aliphatic heterocycles. The molecule has 1 aromatic heterocycles. The Balaban J connectivity index is 1.66. The number of nitrogens with zero attached hydrogens (tertiary/aromatic N) is 2. The van der Waals surface area contributed by atoms with Crippen molar-refractivity contribution in [3.8, 4) is 5.69 Å². The molecule has 1 aliphatic carbocycles. The Morgan fingerprint density at radius 3 is 2.83 bits per heavy atom. The summed E-state index contributed by atoms with van der Waals surface area (Å²) in [6.07, 6.45) is 3.43. The molecule has 7 heteroatoms. The van der Waals surface area contributed by atoms with Gasteiger partial charge < -0.3 is 10.4 Å². The summed E-state index contributed by atoms with van der Waals surface area (Å²) in [5.74, 6) is -1.46. The van der Waals surface area contributed by atoms with E-state index in [9.17, 15) is 9.59 Å². The summed E-state index contributed by atoms with van der Waals surface area (Å²) >= 11 is 5.95. The average molecular weight is 334 g/mol. The van der Waals surface area contributed by atoms with E-state index in [4.69, 9.17) is 16.7 Å². The molecule has 0 spiro atoms. The van der Waals surface area contributed by atoms with Gasteiger partial charge in [0.2, 0.25) is 0 Å². The molecule has 23 heavy (non-hydrogen) atoms. The number of rotatable bonds is 4. The summed E-state index contributed by atoms with van der Waals surface area (Å²) in [6.45, 7) is 0. The predicted molar refractivity (Wildman–Crippen MR) is 84.8 cm³/mol. The third kappa shape index (κ3) is 3.53. The van der Waals surface area contributed by atoms with Crippen molar-refractivity contribution in [2.24, 2.45) is 5.92 Å². The van der Waals surface area contributed by atoms with Gasteiger partial charge in [0.1, 0.15) is 0 Å². The number of nitrogens with one attached hydrogen (secondary N) is 1. The number of carbonyl (C=O) groups excluding carboxylic acids is 1. The van der Waals surface area contributed by atoms with Crippen LogP contribution in [-0.2, 0) is 4.79 Å². The SMILES string of the molecule is O=C(N[C@H]1CC[C@@H](C(=O)O)C1)c1ccn(-c2cccc(Cl)c2)n1. The highest BCUT2D eigenvalue weighted by molar-refractivity contribution is 6.30. The molecule has 3 rings (SSSR count). The molecule has 1 aromatic carbocycles. The van der Waals surface area contributed by atoms with Crippen LogP contribution >= 0.6 is 11.6 Å². The highest BCUT2D eigenvalue weighted by Gasteiger charge is 2.30. The van der Waals surface area contributed by atoms with Crippen LogP contribution in [-0.4, -0.2) is 32.8 Å². The van der Waals surface area contributed by atoms with Gasteiger partial charge in [0.15, 0.2) is 5.69 Å². The molecule has 1 aliphatic rings. The molecule has 2 N–H and O–H groups in total. The van der Waals surface area contributed by atoms with Crippen LogP contribution in [0.5, 0.6) is 0 Å². The fraction of sp³-hybridized carbons (Fsp3) is 0.312. The molecule has 0 unspecified atom stereocenters. The Bertz CT molecular complexity index is 744. The van der Waals surface area contributed by atoms with Crippen LogP contribution in [0.15, 0.2) is 36.5 Å². The average Bonchev–Trinajstić information content (AvgIpc) is 3.16. The van der Waals surface area contributed by atoms with Crippen molar-refractivity contribution in [1.29, 1.82) is 0 Å². The first-order valence-electron chi connectivity index (χ1n) is 7.38. The van der Waals surface area contributed by atoms with Crippen molar-refractivity contribution in [3.63, 3.8) is 0 Å². The summed E-state index contributed by atoms with van der Waals surface area (Å²) in [5, 5.41) is 16.7. The lowest BCUT2D eigenvalue weighted by molar-refractivity contribution is -0.141. The zero-order valence-corrected chi connectivity index (χ0v) is 13.0. The van der Waals surface area contributed by atoms with Gasteiger partial charge in [0.05, 0.1) is 11.6 Å². The summed E-state index contributed by atoms with van der Waals surface area (Å²) in [5.41, 5.74) is 1.06. The first-order chi connectivity index (χ1) is 11.0. The lowest BCUT2D eigenvalue weighted by Crippen LogP contribution is -2.33. The number of hydrogen-bond donors (Lipinski definition) is 2. The number of amides is 1. The Labute approximate surface area is 138 Å². The second-order valence-corrected chi connectivity index (χ2v) is 6.08. The lowest BCUT2D eigenvalue weighted by atomic mass is 10.1.